The number of nitrogens with one attached hydrogen (secondary N) is 3. The summed E-state index contributed by atoms with van der Waals surface area (Å²) in [6.45, 7) is 5.47. The van der Waals surface area contributed by atoms with Crippen LogP contribution in [0.3, 0.4) is 0 Å². The molecule has 1 rings (SSSR count). The molecule has 1 aliphatic rings. The summed E-state index contributed by atoms with van der Waals surface area (Å²) in [6.07, 6.45) is 0. The van der Waals surface area contributed by atoms with E-state index in [2.05, 4.69) is 16.0 Å². The highest BCUT2D eigenvalue weighted by atomic mass is 32.2. The van der Waals surface area contributed by atoms with E-state index in [4.69, 9.17) is 0 Å². The zero-order valence-corrected chi connectivity index (χ0v) is 10.7. The van der Waals surface area contributed by atoms with Crippen molar-refractivity contribution < 1.29 is 9.59 Å². The number of rotatable bonds is 4. The van der Waals surface area contributed by atoms with E-state index in [9.17, 15) is 9.59 Å². The summed E-state index contributed by atoms with van der Waals surface area (Å²) in [4.78, 5) is 23.2. The average Bonchev–Trinajstić information content (AvgIpc) is 2.68. The molecule has 1 aliphatic heterocycles. The molecule has 0 aliphatic carbocycles. The molecular formula is C10H19N3O2S. The Kier molecular flexibility index (Phi) is 5.08. The second kappa shape index (κ2) is 6.10. The minimum absolute atomic E-state index is 0.0898. The van der Waals surface area contributed by atoms with E-state index in [1.54, 1.807) is 18.7 Å². The van der Waals surface area contributed by atoms with Crippen LogP contribution < -0.4 is 16.0 Å². The van der Waals surface area contributed by atoms with Gasteiger partial charge in [0.2, 0.25) is 11.8 Å². The third-order valence-corrected chi connectivity index (χ3v) is 3.16. The van der Waals surface area contributed by atoms with Crippen LogP contribution in [0.1, 0.15) is 20.8 Å². The molecule has 0 bridgehead atoms. The molecule has 1 heterocycles. The molecule has 2 atom stereocenters. The molecule has 0 aromatic carbocycles. The molecule has 0 spiro atoms. The van der Waals surface area contributed by atoms with Gasteiger partial charge in [-0.2, -0.15) is 0 Å². The predicted octanol–water partition coefficient (Wildman–Crippen LogP) is -0.322. The van der Waals surface area contributed by atoms with Crippen LogP contribution >= 0.6 is 11.8 Å². The van der Waals surface area contributed by atoms with Gasteiger partial charge in [0.15, 0.2) is 0 Å². The van der Waals surface area contributed by atoms with Gasteiger partial charge in [-0.25, -0.2) is 0 Å². The summed E-state index contributed by atoms with van der Waals surface area (Å²) in [5, 5.41) is 8.52. The lowest BCUT2D eigenvalue weighted by molar-refractivity contribution is -0.129. The van der Waals surface area contributed by atoms with Gasteiger partial charge in [-0.1, -0.05) is 0 Å². The highest BCUT2D eigenvalue weighted by Gasteiger charge is 2.25. The number of thioether (sulfide) groups is 1. The van der Waals surface area contributed by atoms with Gasteiger partial charge >= 0.3 is 0 Å². The van der Waals surface area contributed by atoms with Gasteiger partial charge in [0.25, 0.3) is 0 Å². The Balaban J connectivity index is 2.35. The van der Waals surface area contributed by atoms with E-state index in [1.807, 2.05) is 13.8 Å². The Labute approximate surface area is 100 Å². The summed E-state index contributed by atoms with van der Waals surface area (Å²) in [5.41, 5.74) is 0. The van der Waals surface area contributed by atoms with Crippen molar-refractivity contribution in [3.8, 4) is 0 Å². The van der Waals surface area contributed by atoms with Gasteiger partial charge in [-0.15, -0.1) is 11.8 Å². The monoisotopic (exact) mass is 245 g/mol. The van der Waals surface area contributed by atoms with Crippen molar-refractivity contribution in [2.24, 2.45) is 0 Å². The smallest absolute Gasteiger partial charge is 0.242 e. The van der Waals surface area contributed by atoms with Gasteiger partial charge in [0.1, 0.15) is 6.04 Å². The minimum Gasteiger partial charge on any atom is -0.352 e. The van der Waals surface area contributed by atoms with E-state index < -0.39 is 6.04 Å². The Hall–Kier alpha value is -0.750. The topological polar surface area (TPSA) is 70.2 Å². The molecule has 3 N–H and O–H groups in total. The fourth-order valence-corrected chi connectivity index (χ4v) is 2.29. The molecule has 1 saturated heterocycles. The molecule has 6 heteroatoms. The zero-order chi connectivity index (χ0) is 12.1. The van der Waals surface area contributed by atoms with Crippen molar-refractivity contribution in [1.82, 2.24) is 16.0 Å². The van der Waals surface area contributed by atoms with Gasteiger partial charge in [0.05, 0.1) is 6.04 Å². The summed E-state index contributed by atoms with van der Waals surface area (Å²) in [5.74, 6) is 1.32. The zero-order valence-electron chi connectivity index (χ0n) is 9.87. The van der Waals surface area contributed by atoms with Gasteiger partial charge in [-0.3, -0.25) is 14.9 Å². The van der Waals surface area contributed by atoms with Gasteiger partial charge in [0, 0.05) is 17.7 Å². The molecule has 2 unspecified atom stereocenters. The number of carbonyl (C=O) groups excluding carboxylic acids is 2. The van der Waals surface area contributed by atoms with Crippen molar-refractivity contribution in [1.29, 1.82) is 0 Å². The van der Waals surface area contributed by atoms with E-state index in [0.717, 1.165) is 11.6 Å². The van der Waals surface area contributed by atoms with Crippen LogP contribution in [0.2, 0.25) is 0 Å². The van der Waals surface area contributed by atoms with Crippen molar-refractivity contribution in [3.63, 3.8) is 0 Å². The maximum absolute atomic E-state index is 11.7. The van der Waals surface area contributed by atoms with Crippen molar-refractivity contribution >= 4 is 23.6 Å². The van der Waals surface area contributed by atoms with E-state index in [0.29, 0.717) is 0 Å². The maximum Gasteiger partial charge on any atom is 0.242 e. The van der Waals surface area contributed by atoms with Crippen LogP contribution in [0.25, 0.3) is 0 Å². The molecule has 1 fully saturated rings. The number of hydrogen-bond acceptors (Lipinski definition) is 4. The molecule has 0 aromatic heterocycles. The predicted molar refractivity (Wildman–Crippen MR) is 65.1 cm³/mol. The number of carbonyl (C=O) groups is 2. The van der Waals surface area contributed by atoms with Gasteiger partial charge < -0.3 is 10.6 Å². The third-order valence-electron chi connectivity index (χ3n) is 2.22. The highest BCUT2D eigenvalue weighted by molar-refractivity contribution is 7.99. The maximum atomic E-state index is 11.7. The van der Waals surface area contributed by atoms with Crippen LogP contribution in [0, 0.1) is 0 Å². The van der Waals surface area contributed by atoms with Crippen LogP contribution in [-0.2, 0) is 9.59 Å². The lowest BCUT2D eigenvalue weighted by Gasteiger charge is -2.18. The first-order valence-corrected chi connectivity index (χ1v) is 6.58. The van der Waals surface area contributed by atoms with Crippen LogP contribution in [0.4, 0.5) is 0 Å². The van der Waals surface area contributed by atoms with Crippen molar-refractivity contribution in [2.75, 3.05) is 11.6 Å². The second-order valence-electron chi connectivity index (χ2n) is 4.17. The van der Waals surface area contributed by atoms with Gasteiger partial charge in [-0.05, 0) is 20.8 Å². The highest BCUT2D eigenvalue weighted by Crippen LogP contribution is 2.09. The quantitative estimate of drug-likeness (QED) is 0.635. The van der Waals surface area contributed by atoms with E-state index in [1.165, 1.54) is 0 Å². The first-order chi connectivity index (χ1) is 7.50. The largest absolute Gasteiger partial charge is 0.352 e. The van der Waals surface area contributed by atoms with Crippen LogP contribution in [0.5, 0.6) is 0 Å². The first-order valence-electron chi connectivity index (χ1n) is 5.42. The van der Waals surface area contributed by atoms with Crippen LogP contribution in [0.15, 0.2) is 0 Å². The second-order valence-corrected chi connectivity index (χ2v) is 5.20. The normalized spacial score (nSPS) is 21.9. The summed E-state index contributed by atoms with van der Waals surface area (Å²) < 4.78 is 0. The average molecular weight is 245 g/mol. The molecule has 0 saturated carbocycles. The van der Waals surface area contributed by atoms with Crippen molar-refractivity contribution in [3.05, 3.63) is 0 Å². The molecule has 92 valence electrons. The Bertz CT molecular complexity index is 265. The Morgan fingerprint density at radius 3 is 2.50 bits per heavy atom. The van der Waals surface area contributed by atoms with Crippen molar-refractivity contribution in [2.45, 2.75) is 38.9 Å². The first kappa shape index (κ1) is 13.3. The Morgan fingerprint density at radius 1 is 1.31 bits per heavy atom. The van der Waals surface area contributed by atoms with E-state index >= 15 is 0 Å². The molecule has 2 amide bonds. The molecule has 0 radical (unpaired) electrons. The van der Waals surface area contributed by atoms with E-state index in [-0.39, 0.29) is 23.9 Å². The minimum atomic E-state index is -0.484. The standard InChI is InChI=1S/C10H19N3O2S/c1-6(2)12-9(14)7(3)13-10(15)8-4-16-5-11-8/h6-8,11H,4-5H2,1-3H3,(H,12,14)(H,13,15). The SMILES string of the molecule is CC(C)NC(=O)C(C)NC(=O)C1CSCN1. The molecule has 16 heavy (non-hydrogen) atoms. The number of hydrogen-bond donors (Lipinski definition) is 3. The third kappa shape index (κ3) is 4.02. The Morgan fingerprint density at radius 2 is 2.00 bits per heavy atom. The summed E-state index contributed by atoms with van der Waals surface area (Å²) >= 11 is 1.68. The van der Waals surface area contributed by atoms with Crippen LogP contribution in [-0.4, -0.2) is 41.6 Å². The molecular weight excluding hydrogens is 226 g/mol. The number of amides is 2. The lowest BCUT2D eigenvalue weighted by Crippen LogP contribution is -2.51. The molecule has 5 nitrogen and oxygen atoms in total. The fraction of sp³-hybridized carbons (Fsp3) is 0.800. The lowest BCUT2D eigenvalue weighted by atomic mass is 10.2. The molecule has 0 aromatic rings. The fourth-order valence-electron chi connectivity index (χ4n) is 1.35. The summed E-state index contributed by atoms with van der Waals surface area (Å²) in [7, 11) is 0. The summed E-state index contributed by atoms with van der Waals surface area (Å²) in [6, 6.07) is -0.561.